The van der Waals surface area contributed by atoms with E-state index in [0.29, 0.717) is 0 Å². The Morgan fingerprint density at radius 3 is 2.83 bits per heavy atom. The van der Waals surface area contributed by atoms with Gasteiger partial charge in [0.25, 0.3) is 0 Å². The fraction of sp³-hybridized carbons (Fsp3) is 0.200. The van der Waals surface area contributed by atoms with Crippen molar-refractivity contribution in [2.45, 2.75) is 13.0 Å². The first kappa shape index (κ1) is 8.81. The number of hydrogen-bond donors (Lipinski definition) is 2. The average molecular weight is 163 g/mol. The molecule has 0 aliphatic rings. The summed E-state index contributed by atoms with van der Waals surface area (Å²) in [7, 11) is 0. The van der Waals surface area contributed by atoms with Gasteiger partial charge in [0.1, 0.15) is 5.75 Å². The Hall–Kier alpha value is -1.28. The van der Waals surface area contributed by atoms with Crippen molar-refractivity contribution >= 4 is 0 Å². The molecule has 0 saturated carbocycles. The zero-order valence-corrected chi connectivity index (χ0v) is 7.12. The van der Waals surface area contributed by atoms with Crippen LogP contribution >= 0.6 is 0 Å². The Balaban J connectivity index is 3.15. The van der Waals surface area contributed by atoms with Crippen LogP contribution in [0, 0.1) is 6.92 Å². The summed E-state index contributed by atoms with van der Waals surface area (Å²) in [4.78, 5) is 0. The molecule has 3 N–H and O–H groups in total. The summed E-state index contributed by atoms with van der Waals surface area (Å²) >= 11 is 0. The van der Waals surface area contributed by atoms with Gasteiger partial charge in [0.2, 0.25) is 0 Å². The number of para-hydroxylation sites is 1. The standard InChI is InChI=1S/C10H13NO/c1-3-9(11)8-6-4-5-7(2)10(8)12/h3-6,9,12H,1,11H2,2H3/t9-/m1/s1. The van der Waals surface area contributed by atoms with E-state index in [0.717, 1.165) is 11.1 Å². The van der Waals surface area contributed by atoms with Crippen LogP contribution in [0.5, 0.6) is 5.75 Å². The van der Waals surface area contributed by atoms with Crippen molar-refractivity contribution in [1.29, 1.82) is 0 Å². The minimum atomic E-state index is -0.287. The van der Waals surface area contributed by atoms with Crippen LogP contribution < -0.4 is 5.73 Å². The molecule has 0 radical (unpaired) electrons. The first-order chi connectivity index (χ1) is 5.66. The molecule has 0 saturated heterocycles. The number of phenolic OH excluding ortho intramolecular Hbond substituents is 1. The van der Waals surface area contributed by atoms with Crippen molar-refractivity contribution < 1.29 is 5.11 Å². The van der Waals surface area contributed by atoms with Gasteiger partial charge in [-0.1, -0.05) is 24.3 Å². The van der Waals surface area contributed by atoms with E-state index in [9.17, 15) is 5.11 Å². The number of nitrogens with two attached hydrogens (primary N) is 1. The highest BCUT2D eigenvalue weighted by Crippen LogP contribution is 2.26. The summed E-state index contributed by atoms with van der Waals surface area (Å²) in [5, 5.41) is 9.57. The molecule has 0 heterocycles. The van der Waals surface area contributed by atoms with Gasteiger partial charge in [0, 0.05) is 5.56 Å². The number of phenols is 1. The molecule has 0 aliphatic heterocycles. The van der Waals surface area contributed by atoms with Crippen LogP contribution in [0.2, 0.25) is 0 Å². The van der Waals surface area contributed by atoms with Gasteiger partial charge < -0.3 is 10.8 Å². The smallest absolute Gasteiger partial charge is 0.123 e. The van der Waals surface area contributed by atoms with E-state index < -0.39 is 0 Å². The van der Waals surface area contributed by atoms with Gasteiger partial charge in [0.05, 0.1) is 6.04 Å². The molecule has 0 unspecified atom stereocenters. The molecular formula is C10H13NO. The van der Waals surface area contributed by atoms with E-state index in [-0.39, 0.29) is 11.8 Å². The first-order valence-electron chi connectivity index (χ1n) is 3.83. The lowest BCUT2D eigenvalue weighted by Gasteiger charge is -2.10. The lowest BCUT2D eigenvalue weighted by molar-refractivity contribution is 0.461. The highest BCUT2D eigenvalue weighted by Gasteiger charge is 2.07. The van der Waals surface area contributed by atoms with E-state index in [1.807, 2.05) is 19.1 Å². The second-order valence-corrected chi connectivity index (χ2v) is 2.77. The average Bonchev–Trinajstić information content (AvgIpc) is 2.08. The number of benzene rings is 1. The van der Waals surface area contributed by atoms with Crippen molar-refractivity contribution in [3.05, 3.63) is 42.0 Å². The topological polar surface area (TPSA) is 46.2 Å². The van der Waals surface area contributed by atoms with Gasteiger partial charge in [-0.15, -0.1) is 6.58 Å². The number of aromatic hydroxyl groups is 1. The predicted octanol–water partition coefficient (Wildman–Crippen LogP) is 1.89. The van der Waals surface area contributed by atoms with Crippen LogP contribution in [0.25, 0.3) is 0 Å². The van der Waals surface area contributed by atoms with Crippen LogP contribution in [0.1, 0.15) is 17.2 Å². The summed E-state index contributed by atoms with van der Waals surface area (Å²) < 4.78 is 0. The molecule has 2 heteroatoms. The monoisotopic (exact) mass is 163 g/mol. The minimum Gasteiger partial charge on any atom is -0.507 e. The first-order valence-corrected chi connectivity index (χ1v) is 3.83. The van der Waals surface area contributed by atoms with Crippen LogP contribution in [-0.2, 0) is 0 Å². The summed E-state index contributed by atoms with van der Waals surface area (Å²) in [5.74, 6) is 0.268. The molecule has 12 heavy (non-hydrogen) atoms. The van der Waals surface area contributed by atoms with Crippen LogP contribution in [0.4, 0.5) is 0 Å². The SMILES string of the molecule is C=C[C@@H](N)c1cccc(C)c1O. The third-order valence-electron chi connectivity index (χ3n) is 1.88. The van der Waals surface area contributed by atoms with Crippen molar-refractivity contribution in [1.82, 2.24) is 0 Å². The zero-order chi connectivity index (χ0) is 9.14. The van der Waals surface area contributed by atoms with Gasteiger partial charge in [-0.3, -0.25) is 0 Å². The maximum atomic E-state index is 9.57. The van der Waals surface area contributed by atoms with Crippen LogP contribution in [-0.4, -0.2) is 5.11 Å². The molecule has 2 nitrogen and oxygen atoms in total. The molecule has 0 bridgehead atoms. The molecule has 0 fully saturated rings. The summed E-state index contributed by atoms with van der Waals surface area (Å²) in [6.07, 6.45) is 1.61. The largest absolute Gasteiger partial charge is 0.507 e. The maximum absolute atomic E-state index is 9.57. The van der Waals surface area contributed by atoms with Crippen molar-refractivity contribution in [3.8, 4) is 5.75 Å². The Bertz CT molecular complexity index is 294. The molecular weight excluding hydrogens is 150 g/mol. The lowest BCUT2D eigenvalue weighted by atomic mass is 10.0. The Morgan fingerprint density at radius 1 is 1.58 bits per heavy atom. The van der Waals surface area contributed by atoms with Gasteiger partial charge in [-0.05, 0) is 12.5 Å². The summed E-state index contributed by atoms with van der Waals surface area (Å²) in [5.41, 5.74) is 7.25. The fourth-order valence-electron chi connectivity index (χ4n) is 1.08. The van der Waals surface area contributed by atoms with Crippen molar-refractivity contribution in [2.75, 3.05) is 0 Å². The van der Waals surface area contributed by atoms with Gasteiger partial charge in [-0.2, -0.15) is 0 Å². The molecule has 1 aromatic carbocycles. The molecule has 1 rings (SSSR count). The molecule has 1 aromatic rings. The summed E-state index contributed by atoms with van der Waals surface area (Å²) in [6, 6.07) is 5.22. The molecule has 0 aliphatic carbocycles. The normalized spacial score (nSPS) is 12.5. The maximum Gasteiger partial charge on any atom is 0.123 e. The van der Waals surface area contributed by atoms with Gasteiger partial charge >= 0.3 is 0 Å². The lowest BCUT2D eigenvalue weighted by Crippen LogP contribution is -2.06. The molecule has 0 aromatic heterocycles. The third kappa shape index (κ3) is 1.48. The molecule has 64 valence electrons. The van der Waals surface area contributed by atoms with Crippen molar-refractivity contribution in [2.24, 2.45) is 5.73 Å². The van der Waals surface area contributed by atoms with Crippen LogP contribution in [0.15, 0.2) is 30.9 Å². The van der Waals surface area contributed by atoms with Crippen molar-refractivity contribution in [3.63, 3.8) is 0 Å². The highest BCUT2D eigenvalue weighted by molar-refractivity contribution is 5.42. The van der Waals surface area contributed by atoms with E-state index in [4.69, 9.17) is 5.73 Å². The predicted molar refractivity (Wildman–Crippen MR) is 50.0 cm³/mol. The minimum absolute atomic E-state index is 0.268. The van der Waals surface area contributed by atoms with E-state index in [1.54, 1.807) is 12.1 Å². The molecule has 0 spiro atoms. The quantitative estimate of drug-likeness (QED) is 0.654. The van der Waals surface area contributed by atoms with Crippen LogP contribution in [0.3, 0.4) is 0 Å². The third-order valence-corrected chi connectivity index (χ3v) is 1.88. The van der Waals surface area contributed by atoms with E-state index in [2.05, 4.69) is 6.58 Å². The Labute approximate surface area is 72.3 Å². The van der Waals surface area contributed by atoms with Gasteiger partial charge in [-0.25, -0.2) is 0 Å². The van der Waals surface area contributed by atoms with E-state index >= 15 is 0 Å². The number of rotatable bonds is 2. The van der Waals surface area contributed by atoms with Gasteiger partial charge in [0.15, 0.2) is 0 Å². The highest BCUT2D eigenvalue weighted by atomic mass is 16.3. The second kappa shape index (κ2) is 3.41. The Kier molecular flexibility index (Phi) is 2.51. The second-order valence-electron chi connectivity index (χ2n) is 2.77. The Morgan fingerprint density at radius 2 is 2.25 bits per heavy atom. The number of aryl methyl sites for hydroxylation is 1. The zero-order valence-electron chi connectivity index (χ0n) is 7.12. The van der Waals surface area contributed by atoms with E-state index in [1.165, 1.54) is 0 Å². The fourth-order valence-corrected chi connectivity index (χ4v) is 1.08. The summed E-state index contributed by atoms with van der Waals surface area (Å²) in [6.45, 7) is 5.41. The molecule has 0 amide bonds. The number of hydrogen-bond acceptors (Lipinski definition) is 2. The molecule has 1 atom stereocenters.